The zero-order chi connectivity index (χ0) is 24.9. The molecule has 1 saturated heterocycles. The van der Waals surface area contributed by atoms with Crippen molar-refractivity contribution < 1.29 is 18.7 Å². The third-order valence-corrected chi connectivity index (χ3v) is 5.13. The van der Waals surface area contributed by atoms with Crippen LogP contribution in [0.15, 0.2) is 24.3 Å². The fourth-order valence-electron chi connectivity index (χ4n) is 3.83. The molecule has 1 aromatic rings. The molecule has 1 atom stereocenters. The lowest BCUT2D eigenvalue weighted by Gasteiger charge is -2.34. The van der Waals surface area contributed by atoms with Crippen molar-refractivity contribution in [2.45, 2.75) is 93.6 Å². The van der Waals surface area contributed by atoms with E-state index in [-0.39, 0.29) is 23.3 Å². The number of hydrogen-bond acceptors (Lipinski definition) is 3. The molecule has 1 unspecified atom stereocenters. The van der Waals surface area contributed by atoms with Crippen molar-refractivity contribution in [3.8, 4) is 0 Å². The molecule has 1 fully saturated rings. The highest BCUT2D eigenvalue weighted by atomic mass is 19.1. The highest BCUT2D eigenvalue weighted by molar-refractivity contribution is 5.93. The largest absolute Gasteiger partial charge is 0.444 e. The van der Waals surface area contributed by atoms with Crippen LogP contribution >= 0.6 is 0 Å². The zero-order valence-corrected chi connectivity index (χ0v) is 21.8. The van der Waals surface area contributed by atoms with Gasteiger partial charge < -0.3 is 9.64 Å². The summed E-state index contributed by atoms with van der Waals surface area (Å²) in [6.07, 6.45) is 4.72. The normalized spacial score (nSPS) is 15.2. The van der Waals surface area contributed by atoms with E-state index in [0.29, 0.717) is 5.56 Å². The Morgan fingerprint density at radius 2 is 1.56 bits per heavy atom. The molecule has 2 rings (SSSR count). The Morgan fingerprint density at radius 3 is 1.97 bits per heavy atom. The Morgan fingerprint density at radius 1 is 1.06 bits per heavy atom. The van der Waals surface area contributed by atoms with Crippen LogP contribution in [0.25, 0.3) is 0 Å². The van der Waals surface area contributed by atoms with E-state index in [4.69, 9.17) is 4.74 Å². The molecule has 1 heterocycles. The molecular formula is C27H46FNO3. The van der Waals surface area contributed by atoms with E-state index in [2.05, 4.69) is 20.8 Å². The van der Waals surface area contributed by atoms with E-state index in [0.717, 1.165) is 43.7 Å². The van der Waals surface area contributed by atoms with Crippen molar-refractivity contribution in [1.82, 2.24) is 4.90 Å². The molecule has 1 amide bonds. The zero-order valence-electron chi connectivity index (χ0n) is 21.8. The van der Waals surface area contributed by atoms with E-state index in [1.807, 2.05) is 39.5 Å². The maximum atomic E-state index is 12.2. The Hall–Kier alpha value is -1.91. The quantitative estimate of drug-likeness (QED) is 0.430. The minimum Gasteiger partial charge on any atom is -0.444 e. The Balaban J connectivity index is 0.000000668. The summed E-state index contributed by atoms with van der Waals surface area (Å²) in [5.41, 5.74) is 0.154. The Labute approximate surface area is 195 Å². The standard InChI is InChI=1S/C17H33NO2.C8H7FO.C2H6/c1-13(2)11-14(3)12-15-7-9-18(10-8-15)16(19)20-17(4,5)6;1-6(10)7-2-4-8(9)5-3-7;1-2/h13-15H,7-12H2,1-6H3;2-5H,1H3;1-2H3. The van der Waals surface area contributed by atoms with Crippen LogP contribution in [0, 0.1) is 23.6 Å². The molecule has 4 nitrogen and oxygen atoms in total. The molecule has 1 aliphatic rings. The van der Waals surface area contributed by atoms with Gasteiger partial charge in [-0.05, 0) is 95.4 Å². The van der Waals surface area contributed by atoms with E-state index in [1.54, 1.807) is 0 Å². The number of nitrogens with zero attached hydrogens (tertiary/aromatic N) is 1. The van der Waals surface area contributed by atoms with Gasteiger partial charge in [-0.25, -0.2) is 9.18 Å². The molecule has 0 radical (unpaired) electrons. The van der Waals surface area contributed by atoms with Gasteiger partial charge in [0.2, 0.25) is 0 Å². The first-order chi connectivity index (χ1) is 14.9. The van der Waals surface area contributed by atoms with Crippen molar-refractivity contribution in [1.29, 1.82) is 0 Å². The number of hydrogen-bond donors (Lipinski definition) is 0. The van der Waals surface area contributed by atoms with Crippen molar-refractivity contribution in [2.24, 2.45) is 17.8 Å². The van der Waals surface area contributed by atoms with Gasteiger partial charge in [0.05, 0.1) is 0 Å². The molecular weight excluding hydrogens is 405 g/mol. The summed E-state index contributed by atoms with van der Waals surface area (Å²) in [5.74, 6) is 2.01. The maximum absolute atomic E-state index is 12.2. The van der Waals surface area contributed by atoms with Crippen molar-refractivity contribution in [3.63, 3.8) is 0 Å². The van der Waals surface area contributed by atoms with Crippen LogP contribution in [0.2, 0.25) is 0 Å². The molecule has 0 N–H and O–H groups in total. The molecule has 0 saturated carbocycles. The lowest BCUT2D eigenvalue weighted by Crippen LogP contribution is -2.41. The van der Waals surface area contributed by atoms with Gasteiger partial charge in [0.15, 0.2) is 5.78 Å². The van der Waals surface area contributed by atoms with Crippen molar-refractivity contribution in [2.75, 3.05) is 13.1 Å². The lowest BCUT2D eigenvalue weighted by molar-refractivity contribution is 0.0175. The number of benzene rings is 1. The number of halogens is 1. The number of ketones is 1. The monoisotopic (exact) mass is 451 g/mol. The van der Waals surface area contributed by atoms with E-state index in [1.165, 1.54) is 44.0 Å². The highest BCUT2D eigenvalue weighted by Crippen LogP contribution is 2.27. The van der Waals surface area contributed by atoms with E-state index in [9.17, 15) is 14.0 Å². The molecule has 5 heteroatoms. The molecule has 1 aromatic carbocycles. The predicted octanol–water partition coefficient (Wildman–Crippen LogP) is 7.76. The molecule has 32 heavy (non-hydrogen) atoms. The van der Waals surface area contributed by atoms with Crippen LogP contribution in [0.5, 0.6) is 0 Å². The second-order valence-corrected chi connectivity index (χ2v) is 9.94. The first-order valence-corrected chi connectivity index (χ1v) is 12.1. The molecule has 0 bridgehead atoms. The van der Waals surface area contributed by atoms with E-state index >= 15 is 0 Å². The smallest absolute Gasteiger partial charge is 0.410 e. The minimum absolute atomic E-state index is 0.0417. The lowest BCUT2D eigenvalue weighted by atomic mass is 9.84. The Kier molecular flexibility index (Phi) is 14.1. The first-order valence-electron chi connectivity index (χ1n) is 12.1. The second kappa shape index (κ2) is 15.0. The first kappa shape index (κ1) is 30.1. The van der Waals surface area contributed by atoms with Gasteiger partial charge in [-0.2, -0.15) is 0 Å². The number of Topliss-reactive ketones (excluding diaryl/α,β-unsaturated/α-hetero) is 1. The summed E-state index contributed by atoms with van der Waals surface area (Å²) in [5, 5.41) is 0. The summed E-state index contributed by atoms with van der Waals surface area (Å²) in [6.45, 7) is 19.9. The van der Waals surface area contributed by atoms with Crippen LogP contribution < -0.4 is 0 Å². The third kappa shape index (κ3) is 13.5. The van der Waals surface area contributed by atoms with Gasteiger partial charge in [-0.1, -0.05) is 34.6 Å². The highest BCUT2D eigenvalue weighted by Gasteiger charge is 2.27. The van der Waals surface area contributed by atoms with Crippen LogP contribution in [-0.2, 0) is 4.74 Å². The van der Waals surface area contributed by atoms with Gasteiger partial charge in [-0.15, -0.1) is 0 Å². The molecule has 184 valence electrons. The van der Waals surface area contributed by atoms with Gasteiger partial charge in [-0.3, -0.25) is 4.79 Å². The number of ether oxygens (including phenoxy) is 1. The van der Waals surface area contributed by atoms with Gasteiger partial charge in [0.1, 0.15) is 11.4 Å². The predicted molar refractivity (Wildman–Crippen MR) is 132 cm³/mol. The van der Waals surface area contributed by atoms with Crippen LogP contribution in [0.3, 0.4) is 0 Å². The molecule has 0 spiro atoms. The number of carbonyl (C=O) groups excluding carboxylic acids is 2. The average molecular weight is 452 g/mol. The number of likely N-dealkylation sites (tertiary alicyclic amines) is 1. The number of carbonyl (C=O) groups is 2. The van der Waals surface area contributed by atoms with Gasteiger partial charge >= 0.3 is 6.09 Å². The van der Waals surface area contributed by atoms with Crippen LogP contribution in [-0.4, -0.2) is 35.5 Å². The summed E-state index contributed by atoms with van der Waals surface area (Å²) < 4.78 is 17.7. The summed E-state index contributed by atoms with van der Waals surface area (Å²) >= 11 is 0. The number of rotatable bonds is 5. The third-order valence-electron chi connectivity index (χ3n) is 5.13. The maximum Gasteiger partial charge on any atom is 0.410 e. The van der Waals surface area contributed by atoms with Gasteiger partial charge in [0.25, 0.3) is 0 Å². The minimum atomic E-state index is -0.389. The molecule has 0 aromatic heterocycles. The van der Waals surface area contributed by atoms with Crippen LogP contribution in [0.4, 0.5) is 9.18 Å². The number of amides is 1. The topological polar surface area (TPSA) is 46.6 Å². The molecule has 1 aliphatic heterocycles. The fraction of sp³-hybridized carbons (Fsp3) is 0.704. The second-order valence-electron chi connectivity index (χ2n) is 9.94. The number of piperidine rings is 1. The molecule has 0 aliphatic carbocycles. The fourth-order valence-corrected chi connectivity index (χ4v) is 3.83. The van der Waals surface area contributed by atoms with Gasteiger partial charge in [0, 0.05) is 18.7 Å². The van der Waals surface area contributed by atoms with Crippen LogP contribution in [0.1, 0.15) is 98.4 Å². The Bertz CT molecular complexity index is 656. The van der Waals surface area contributed by atoms with Crippen molar-refractivity contribution in [3.05, 3.63) is 35.6 Å². The summed E-state index contributed by atoms with van der Waals surface area (Å²) in [4.78, 5) is 24.5. The van der Waals surface area contributed by atoms with E-state index < -0.39 is 0 Å². The summed E-state index contributed by atoms with van der Waals surface area (Å²) in [7, 11) is 0. The van der Waals surface area contributed by atoms with Crippen molar-refractivity contribution >= 4 is 11.9 Å². The summed E-state index contributed by atoms with van der Waals surface area (Å²) in [6, 6.07) is 5.49. The SMILES string of the molecule is CC.CC(=O)c1ccc(F)cc1.CC(C)CC(C)CC1CCN(C(=O)OC(C)(C)C)CC1. The average Bonchev–Trinajstić information content (AvgIpc) is 2.69.